The van der Waals surface area contributed by atoms with Gasteiger partial charge in [0.1, 0.15) is 11.0 Å². The molecule has 0 aliphatic rings. The summed E-state index contributed by atoms with van der Waals surface area (Å²) in [6, 6.07) is 6.20. The number of hydrogen-bond donors (Lipinski definition) is 0. The molecule has 0 bridgehead atoms. The molecular weight excluding hydrogens is 208 g/mol. The predicted molar refractivity (Wildman–Crippen MR) is 66.6 cm³/mol. The maximum Gasteiger partial charge on any atom is 0.131 e. The number of rotatable bonds is 4. The lowest BCUT2D eigenvalue weighted by atomic mass is 10.0. The normalized spacial score (nSPS) is 12.9. The molecule has 0 aliphatic carbocycles. The molecule has 1 aromatic heterocycles. The minimum atomic E-state index is 0.482. The van der Waals surface area contributed by atoms with Gasteiger partial charge in [0.2, 0.25) is 0 Å². The maximum atomic E-state index is 5.86. The first-order valence-electron chi connectivity index (χ1n) is 5.36. The Bertz CT molecular complexity index is 312. The predicted octanol–water partition coefficient (Wildman–Crippen LogP) is 3.61. The van der Waals surface area contributed by atoms with Gasteiger partial charge in [0, 0.05) is 13.1 Å². The molecule has 1 atom stereocenters. The number of pyridine rings is 1. The summed E-state index contributed by atoms with van der Waals surface area (Å²) < 4.78 is 0. The molecule has 0 fully saturated rings. The maximum absolute atomic E-state index is 5.86. The van der Waals surface area contributed by atoms with Crippen molar-refractivity contribution in [3.8, 4) is 0 Å². The van der Waals surface area contributed by atoms with Gasteiger partial charge in [-0.05, 0) is 31.4 Å². The zero-order valence-electron chi connectivity index (χ0n) is 9.87. The quantitative estimate of drug-likeness (QED) is 0.730. The first-order valence-corrected chi connectivity index (χ1v) is 5.74. The molecule has 0 saturated heterocycles. The fourth-order valence-corrected chi connectivity index (χ4v) is 1.82. The van der Waals surface area contributed by atoms with Crippen LogP contribution in [0.3, 0.4) is 0 Å². The van der Waals surface area contributed by atoms with Gasteiger partial charge < -0.3 is 4.90 Å². The Hall–Kier alpha value is -0.760. The fourth-order valence-electron chi connectivity index (χ4n) is 1.66. The molecule has 0 radical (unpaired) electrons. The summed E-state index contributed by atoms with van der Waals surface area (Å²) in [4.78, 5) is 6.47. The van der Waals surface area contributed by atoms with Crippen molar-refractivity contribution in [1.29, 1.82) is 0 Å². The van der Waals surface area contributed by atoms with E-state index >= 15 is 0 Å². The molecule has 1 aromatic rings. The SMILES string of the molecule is CC(C)CC(C)N(C)c1cccc(Cl)n1. The van der Waals surface area contributed by atoms with Crippen molar-refractivity contribution in [3.63, 3.8) is 0 Å². The van der Waals surface area contributed by atoms with Crippen LogP contribution in [0.25, 0.3) is 0 Å². The largest absolute Gasteiger partial charge is 0.357 e. The molecule has 0 spiro atoms. The van der Waals surface area contributed by atoms with Gasteiger partial charge in [-0.3, -0.25) is 0 Å². The Morgan fingerprint density at radius 1 is 1.33 bits per heavy atom. The molecule has 1 rings (SSSR count). The van der Waals surface area contributed by atoms with Crippen molar-refractivity contribution < 1.29 is 0 Å². The van der Waals surface area contributed by atoms with E-state index in [0.29, 0.717) is 17.1 Å². The van der Waals surface area contributed by atoms with Crippen LogP contribution in [0.2, 0.25) is 5.15 Å². The highest BCUT2D eigenvalue weighted by Crippen LogP contribution is 2.18. The summed E-state index contributed by atoms with van der Waals surface area (Å²) in [5.41, 5.74) is 0. The first-order chi connectivity index (χ1) is 7.00. The molecule has 0 aliphatic heterocycles. The molecular formula is C12H19ClN2. The van der Waals surface area contributed by atoms with Gasteiger partial charge in [-0.25, -0.2) is 4.98 Å². The van der Waals surface area contributed by atoms with E-state index in [9.17, 15) is 0 Å². The second kappa shape index (κ2) is 5.36. The van der Waals surface area contributed by atoms with Crippen molar-refractivity contribution >= 4 is 17.4 Å². The second-order valence-corrected chi connectivity index (χ2v) is 4.80. The van der Waals surface area contributed by atoms with Gasteiger partial charge >= 0.3 is 0 Å². The van der Waals surface area contributed by atoms with Gasteiger partial charge in [-0.1, -0.05) is 31.5 Å². The van der Waals surface area contributed by atoms with E-state index in [2.05, 4.69) is 37.7 Å². The van der Waals surface area contributed by atoms with Crippen molar-refractivity contribution in [2.24, 2.45) is 5.92 Å². The molecule has 1 unspecified atom stereocenters. The summed E-state index contributed by atoms with van der Waals surface area (Å²) in [7, 11) is 2.06. The highest BCUT2D eigenvalue weighted by molar-refractivity contribution is 6.29. The van der Waals surface area contributed by atoms with Crippen LogP contribution in [0.15, 0.2) is 18.2 Å². The van der Waals surface area contributed by atoms with E-state index in [1.807, 2.05) is 12.1 Å². The zero-order chi connectivity index (χ0) is 11.4. The molecule has 0 saturated carbocycles. The average Bonchev–Trinajstić information content (AvgIpc) is 2.15. The van der Waals surface area contributed by atoms with Crippen molar-refractivity contribution in [2.75, 3.05) is 11.9 Å². The Kier molecular flexibility index (Phi) is 4.40. The third-order valence-corrected chi connectivity index (χ3v) is 2.75. The van der Waals surface area contributed by atoms with Crippen LogP contribution < -0.4 is 4.90 Å². The van der Waals surface area contributed by atoms with Crippen molar-refractivity contribution in [1.82, 2.24) is 4.98 Å². The van der Waals surface area contributed by atoms with E-state index in [1.54, 1.807) is 6.07 Å². The number of aromatic nitrogens is 1. The minimum absolute atomic E-state index is 0.482. The third-order valence-electron chi connectivity index (χ3n) is 2.54. The molecule has 2 nitrogen and oxygen atoms in total. The van der Waals surface area contributed by atoms with Gasteiger partial charge in [0.05, 0.1) is 0 Å². The smallest absolute Gasteiger partial charge is 0.131 e. The summed E-state index contributed by atoms with van der Waals surface area (Å²) in [6.07, 6.45) is 1.16. The molecule has 1 heterocycles. The van der Waals surface area contributed by atoms with Gasteiger partial charge in [0.25, 0.3) is 0 Å². The van der Waals surface area contributed by atoms with Crippen LogP contribution in [0, 0.1) is 5.92 Å². The van der Waals surface area contributed by atoms with E-state index in [0.717, 1.165) is 12.2 Å². The highest BCUT2D eigenvalue weighted by atomic mass is 35.5. The van der Waals surface area contributed by atoms with Crippen molar-refractivity contribution in [2.45, 2.75) is 33.2 Å². The molecule has 0 aromatic carbocycles. The van der Waals surface area contributed by atoms with Crippen LogP contribution >= 0.6 is 11.6 Å². The monoisotopic (exact) mass is 226 g/mol. The molecule has 3 heteroatoms. The average molecular weight is 227 g/mol. The van der Waals surface area contributed by atoms with Gasteiger partial charge in [0.15, 0.2) is 0 Å². The summed E-state index contributed by atoms with van der Waals surface area (Å²) in [5.74, 6) is 1.64. The van der Waals surface area contributed by atoms with E-state index in [-0.39, 0.29) is 0 Å². The lowest BCUT2D eigenvalue weighted by Crippen LogP contribution is -2.30. The summed E-state index contributed by atoms with van der Waals surface area (Å²) in [5, 5.41) is 0.552. The number of nitrogens with zero attached hydrogens (tertiary/aromatic N) is 2. The molecule has 0 N–H and O–H groups in total. The van der Waals surface area contributed by atoms with Gasteiger partial charge in [-0.2, -0.15) is 0 Å². The minimum Gasteiger partial charge on any atom is -0.357 e. The second-order valence-electron chi connectivity index (χ2n) is 4.41. The summed E-state index contributed by atoms with van der Waals surface area (Å²) in [6.45, 7) is 6.67. The standard InChI is InChI=1S/C12H19ClN2/c1-9(2)8-10(3)15(4)12-7-5-6-11(13)14-12/h5-7,9-10H,8H2,1-4H3. The zero-order valence-corrected chi connectivity index (χ0v) is 10.6. The van der Waals surface area contributed by atoms with Gasteiger partial charge in [-0.15, -0.1) is 0 Å². The van der Waals surface area contributed by atoms with E-state index < -0.39 is 0 Å². The highest BCUT2D eigenvalue weighted by Gasteiger charge is 2.12. The number of anilines is 1. The Labute approximate surface area is 97.3 Å². The fraction of sp³-hybridized carbons (Fsp3) is 0.583. The Morgan fingerprint density at radius 3 is 2.53 bits per heavy atom. The number of hydrogen-bond acceptors (Lipinski definition) is 2. The third kappa shape index (κ3) is 3.71. The van der Waals surface area contributed by atoms with Crippen LogP contribution in [-0.4, -0.2) is 18.1 Å². The van der Waals surface area contributed by atoms with E-state index in [1.165, 1.54) is 0 Å². The molecule has 84 valence electrons. The topological polar surface area (TPSA) is 16.1 Å². The lowest BCUT2D eigenvalue weighted by molar-refractivity contribution is 0.502. The van der Waals surface area contributed by atoms with E-state index in [4.69, 9.17) is 11.6 Å². The first kappa shape index (κ1) is 12.3. The number of halogens is 1. The molecule has 15 heavy (non-hydrogen) atoms. The Balaban J connectivity index is 2.71. The van der Waals surface area contributed by atoms with Crippen LogP contribution in [-0.2, 0) is 0 Å². The Morgan fingerprint density at radius 2 is 2.00 bits per heavy atom. The van der Waals surface area contributed by atoms with Crippen LogP contribution in [0.5, 0.6) is 0 Å². The lowest BCUT2D eigenvalue weighted by Gasteiger charge is -2.27. The van der Waals surface area contributed by atoms with Crippen LogP contribution in [0.4, 0.5) is 5.82 Å². The van der Waals surface area contributed by atoms with Crippen molar-refractivity contribution in [3.05, 3.63) is 23.4 Å². The summed E-state index contributed by atoms with van der Waals surface area (Å²) >= 11 is 5.86. The van der Waals surface area contributed by atoms with Crippen LogP contribution in [0.1, 0.15) is 27.2 Å². The molecule has 0 amide bonds.